The van der Waals surface area contributed by atoms with E-state index in [0.29, 0.717) is 34.7 Å². The number of hydrogen-bond acceptors (Lipinski definition) is 6. The first-order valence-electron chi connectivity index (χ1n) is 14.1. The minimum absolute atomic E-state index is 0.00360. The van der Waals surface area contributed by atoms with Crippen molar-refractivity contribution in [1.29, 1.82) is 0 Å². The fourth-order valence-corrected chi connectivity index (χ4v) is 6.62. The van der Waals surface area contributed by atoms with Crippen molar-refractivity contribution in [3.05, 3.63) is 76.0 Å². The average molecular weight is 582 g/mol. The SMILES string of the molecule is Cc1cc(OCC(C(C)(C)O)C(C)(C)O)cc(C)c1-c1cc(COc2cc3c(cn2)[C@H]2[C@@H](C3)[C@@H]2C(=O)O)c(F)cc1F. The van der Waals surface area contributed by atoms with E-state index in [1.807, 2.05) is 13.8 Å². The fraction of sp³-hybridized carbons (Fsp3) is 0.455. The van der Waals surface area contributed by atoms with Gasteiger partial charge in [0.15, 0.2) is 0 Å². The molecule has 0 bridgehead atoms. The van der Waals surface area contributed by atoms with Crippen molar-refractivity contribution in [2.45, 2.75) is 71.7 Å². The van der Waals surface area contributed by atoms with Gasteiger partial charge in [-0.1, -0.05) is 0 Å². The van der Waals surface area contributed by atoms with E-state index in [2.05, 4.69) is 4.98 Å². The van der Waals surface area contributed by atoms with Gasteiger partial charge < -0.3 is 24.8 Å². The molecule has 0 radical (unpaired) electrons. The van der Waals surface area contributed by atoms with Crippen LogP contribution in [-0.4, -0.2) is 44.1 Å². The number of fused-ring (bicyclic) bond motifs is 3. The summed E-state index contributed by atoms with van der Waals surface area (Å²) in [6.45, 7) is 10.0. The first kappa shape index (κ1) is 29.9. The molecule has 2 aromatic carbocycles. The van der Waals surface area contributed by atoms with Gasteiger partial charge in [0.2, 0.25) is 5.88 Å². The number of carboxylic acids is 1. The molecule has 0 aliphatic heterocycles. The van der Waals surface area contributed by atoms with Gasteiger partial charge in [-0.2, -0.15) is 0 Å². The Kier molecular flexibility index (Phi) is 7.56. The number of pyridine rings is 1. The van der Waals surface area contributed by atoms with Crippen LogP contribution in [0, 0.1) is 43.2 Å². The molecule has 0 saturated heterocycles. The van der Waals surface area contributed by atoms with Crippen LogP contribution in [0.15, 0.2) is 36.5 Å². The third kappa shape index (κ3) is 5.72. The molecular weight excluding hydrogens is 544 g/mol. The van der Waals surface area contributed by atoms with E-state index in [0.717, 1.165) is 17.2 Å². The van der Waals surface area contributed by atoms with E-state index in [1.165, 1.54) is 6.07 Å². The molecule has 224 valence electrons. The average Bonchev–Trinajstić information content (AvgIpc) is 3.45. The minimum atomic E-state index is -1.18. The molecule has 3 aromatic rings. The van der Waals surface area contributed by atoms with Crippen LogP contribution in [0.1, 0.15) is 61.4 Å². The number of carbonyl (C=O) groups is 1. The van der Waals surface area contributed by atoms with Crippen LogP contribution >= 0.6 is 0 Å². The Hall–Kier alpha value is -3.56. The number of aliphatic hydroxyl groups is 2. The zero-order chi connectivity index (χ0) is 30.7. The van der Waals surface area contributed by atoms with E-state index in [-0.39, 0.29) is 42.1 Å². The fourth-order valence-electron chi connectivity index (χ4n) is 6.62. The van der Waals surface area contributed by atoms with Gasteiger partial charge in [0, 0.05) is 41.3 Å². The summed E-state index contributed by atoms with van der Waals surface area (Å²) in [4.78, 5) is 15.6. The van der Waals surface area contributed by atoms with Crippen LogP contribution in [-0.2, 0) is 17.8 Å². The highest BCUT2D eigenvalue weighted by Crippen LogP contribution is 2.61. The van der Waals surface area contributed by atoms with Crippen molar-refractivity contribution in [1.82, 2.24) is 4.98 Å². The van der Waals surface area contributed by atoms with Gasteiger partial charge in [-0.15, -0.1) is 0 Å². The van der Waals surface area contributed by atoms with Gasteiger partial charge in [0.25, 0.3) is 0 Å². The standard InChI is InChI=1S/C33H37F2NO6/c1-16-7-20(41-15-26(32(3,4)39)33(5,6)40)8-17(2)28(16)21-10-19(24(34)12-25(21)35)14-42-27-11-18-9-22-29(23(18)13-36-27)30(22)31(37)38/h7-8,10-13,22,26,29-30,39-40H,9,14-15H2,1-6H3,(H,37,38)/t22-,29-,30+/m1/s1. The lowest BCUT2D eigenvalue weighted by Crippen LogP contribution is -2.48. The highest BCUT2D eigenvalue weighted by Gasteiger charge is 2.60. The lowest BCUT2D eigenvalue weighted by atomic mass is 9.79. The van der Waals surface area contributed by atoms with Crippen molar-refractivity contribution < 1.29 is 38.4 Å². The largest absolute Gasteiger partial charge is 0.493 e. The molecular formula is C33H37F2NO6. The number of aromatic nitrogens is 1. The van der Waals surface area contributed by atoms with Crippen molar-refractivity contribution >= 4 is 5.97 Å². The molecule has 1 fully saturated rings. The molecule has 42 heavy (non-hydrogen) atoms. The van der Waals surface area contributed by atoms with E-state index in [4.69, 9.17) is 9.47 Å². The highest BCUT2D eigenvalue weighted by molar-refractivity contribution is 5.78. The number of benzene rings is 2. The summed E-state index contributed by atoms with van der Waals surface area (Å²) in [5.74, 6) is -2.23. The molecule has 0 amide bonds. The van der Waals surface area contributed by atoms with Gasteiger partial charge in [0.05, 0.1) is 23.7 Å². The first-order chi connectivity index (χ1) is 19.6. The zero-order valence-electron chi connectivity index (χ0n) is 24.7. The van der Waals surface area contributed by atoms with Crippen LogP contribution in [0.25, 0.3) is 11.1 Å². The second-order valence-corrected chi connectivity index (χ2v) is 12.8. The van der Waals surface area contributed by atoms with Crippen molar-refractivity contribution in [3.8, 4) is 22.8 Å². The Balaban J connectivity index is 1.33. The summed E-state index contributed by atoms with van der Waals surface area (Å²) in [5, 5.41) is 30.4. The Morgan fingerprint density at radius 2 is 1.64 bits per heavy atom. The normalized spacial score (nSPS) is 19.5. The van der Waals surface area contributed by atoms with E-state index in [9.17, 15) is 24.5 Å². The van der Waals surface area contributed by atoms with Gasteiger partial charge in [-0.05, 0) is 99.9 Å². The summed E-state index contributed by atoms with van der Waals surface area (Å²) in [5.41, 5.74) is 1.98. The Labute approximate surface area is 244 Å². The molecule has 2 aliphatic carbocycles. The number of ether oxygens (including phenoxy) is 2. The Morgan fingerprint density at radius 3 is 2.24 bits per heavy atom. The van der Waals surface area contributed by atoms with E-state index >= 15 is 4.39 Å². The van der Waals surface area contributed by atoms with E-state index in [1.54, 1.807) is 52.1 Å². The maximum Gasteiger partial charge on any atom is 0.307 e. The quantitative estimate of drug-likeness (QED) is 0.281. The predicted molar refractivity (Wildman–Crippen MR) is 152 cm³/mol. The lowest BCUT2D eigenvalue weighted by molar-refractivity contribution is -0.139. The topological polar surface area (TPSA) is 109 Å². The molecule has 0 unspecified atom stereocenters. The third-order valence-electron chi connectivity index (χ3n) is 8.68. The summed E-state index contributed by atoms with van der Waals surface area (Å²) >= 11 is 0. The maximum absolute atomic E-state index is 15.1. The number of aryl methyl sites for hydroxylation is 2. The second kappa shape index (κ2) is 10.6. The zero-order valence-corrected chi connectivity index (χ0v) is 24.7. The minimum Gasteiger partial charge on any atom is -0.493 e. The number of hydrogen-bond donors (Lipinski definition) is 3. The summed E-state index contributed by atoms with van der Waals surface area (Å²) in [6.07, 6.45) is 2.30. The molecule has 3 N–H and O–H groups in total. The van der Waals surface area contributed by atoms with Crippen LogP contribution in [0.2, 0.25) is 0 Å². The number of halogens is 2. The first-order valence-corrected chi connectivity index (χ1v) is 14.1. The van der Waals surface area contributed by atoms with Gasteiger partial charge in [-0.25, -0.2) is 13.8 Å². The molecule has 1 aromatic heterocycles. The number of nitrogens with zero attached hydrogens (tertiary/aromatic N) is 1. The smallest absolute Gasteiger partial charge is 0.307 e. The van der Waals surface area contributed by atoms with Gasteiger partial charge >= 0.3 is 5.97 Å². The van der Waals surface area contributed by atoms with Gasteiger partial charge in [0.1, 0.15) is 24.0 Å². The molecule has 7 nitrogen and oxygen atoms in total. The number of carboxylic acid groups (broad SMARTS) is 1. The van der Waals surface area contributed by atoms with Crippen LogP contribution < -0.4 is 9.47 Å². The maximum atomic E-state index is 15.1. The molecule has 1 saturated carbocycles. The molecule has 0 spiro atoms. The van der Waals surface area contributed by atoms with E-state index < -0.39 is 34.7 Å². The van der Waals surface area contributed by atoms with Crippen LogP contribution in [0.5, 0.6) is 11.6 Å². The molecule has 1 heterocycles. The lowest BCUT2D eigenvalue weighted by Gasteiger charge is -2.37. The summed E-state index contributed by atoms with van der Waals surface area (Å²) in [7, 11) is 0. The third-order valence-corrected chi connectivity index (χ3v) is 8.68. The van der Waals surface area contributed by atoms with Crippen molar-refractivity contribution in [2.24, 2.45) is 17.8 Å². The van der Waals surface area contributed by atoms with Crippen molar-refractivity contribution in [2.75, 3.05) is 6.61 Å². The molecule has 5 rings (SSSR count). The van der Waals surface area contributed by atoms with Crippen LogP contribution in [0.4, 0.5) is 8.78 Å². The van der Waals surface area contributed by atoms with Gasteiger partial charge in [-0.3, -0.25) is 4.79 Å². The Morgan fingerprint density at radius 1 is 1.00 bits per heavy atom. The highest BCUT2D eigenvalue weighted by atomic mass is 19.1. The predicted octanol–water partition coefficient (Wildman–Crippen LogP) is 5.73. The van der Waals surface area contributed by atoms with Crippen LogP contribution in [0.3, 0.4) is 0 Å². The monoisotopic (exact) mass is 581 g/mol. The summed E-state index contributed by atoms with van der Waals surface area (Å²) in [6, 6.07) is 7.57. The summed E-state index contributed by atoms with van der Waals surface area (Å²) < 4.78 is 41.7. The Bertz CT molecular complexity index is 1500. The molecule has 2 aliphatic rings. The molecule has 3 atom stereocenters. The van der Waals surface area contributed by atoms with Crippen molar-refractivity contribution in [3.63, 3.8) is 0 Å². The molecule has 9 heteroatoms. The number of rotatable bonds is 10. The number of aliphatic carboxylic acids is 1. The second-order valence-electron chi connectivity index (χ2n) is 12.8.